The lowest BCUT2D eigenvalue weighted by Gasteiger charge is -2.04. The Bertz CT molecular complexity index is 626. The summed E-state index contributed by atoms with van der Waals surface area (Å²) in [4.78, 5) is 0.318. The molecular formula is C14H14O3S. The van der Waals surface area contributed by atoms with Crippen molar-refractivity contribution in [2.45, 2.75) is 11.5 Å². The fourth-order valence-corrected chi connectivity index (χ4v) is 2.33. The summed E-state index contributed by atoms with van der Waals surface area (Å²) in [6.07, 6.45) is 1.19. The van der Waals surface area contributed by atoms with Crippen LogP contribution in [0.1, 0.15) is 5.56 Å². The molecule has 94 valence electrons. The van der Waals surface area contributed by atoms with Gasteiger partial charge in [-0.15, -0.1) is 0 Å². The quantitative estimate of drug-likeness (QED) is 0.923. The number of aliphatic hydroxyl groups excluding tert-OH is 1. The van der Waals surface area contributed by atoms with E-state index in [4.69, 9.17) is 5.11 Å². The van der Waals surface area contributed by atoms with Gasteiger partial charge in [0.05, 0.1) is 11.5 Å². The second-order valence-corrected chi connectivity index (χ2v) is 6.17. The van der Waals surface area contributed by atoms with Crippen LogP contribution in [0, 0.1) is 0 Å². The molecule has 1 N–H and O–H groups in total. The van der Waals surface area contributed by atoms with Crippen molar-refractivity contribution in [3.63, 3.8) is 0 Å². The zero-order chi connectivity index (χ0) is 13.2. The molecule has 0 aliphatic carbocycles. The van der Waals surface area contributed by atoms with E-state index in [9.17, 15) is 8.42 Å². The van der Waals surface area contributed by atoms with Crippen LogP contribution in [0.25, 0.3) is 11.1 Å². The maximum Gasteiger partial charge on any atom is 0.175 e. The van der Waals surface area contributed by atoms with Crippen LogP contribution in [0.15, 0.2) is 53.4 Å². The molecule has 3 nitrogen and oxygen atoms in total. The zero-order valence-corrected chi connectivity index (χ0v) is 10.8. The molecule has 2 rings (SSSR count). The topological polar surface area (TPSA) is 54.4 Å². The standard InChI is InChI=1S/C14H14O3S/c1-18(16,17)14-8-6-13(7-9-14)12-4-2-11(10-15)3-5-12/h2-9,15H,10H2,1H3. The number of hydrogen-bond acceptors (Lipinski definition) is 3. The zero-order valence-electron chi connectivity index (χ0n) is 10.00. The van der Waals surface area contributed by atoms with E-state index in [1.807, 2.05) is 24.3 Å². The molecule has 2 aromatic rings. The summed E-state index contributed by atoms with van der Waals surface area (Å²) in [6, 6.07) is 14.3. The van der Waals surface area contributed by atoms with Crippen LogP contribution in [0.4, 0.5) is 0 Å². The number of aliphatic hydroxyl groups is 1. The van der Waals surface area contributed by atoms with E-state index >= 15 is 0 Å². The third kappa shape index (κ3) is 2.78. The Morgan fingerprint density at radius 3 is 1.72 bits per heavy atom. The first-order valence-corrected chi connectivity index (χ1v) is 7.40. The van der Waals surface area contributed by atoms with E-state index in [1.165, 1.54) is 6.26 Å². The van der Waals surface area contributed by atoms with Gasteiger partial charge < -0.3 is 5.11 Å². The first kappa shape index (κ1) is 12.8. The lowest BCUT2D eigenvalue weighted by Crippen LogP contribution is -1.96. The van der Waals surface area contributed by atoms with Gasteiger partial charge in [-0.3, -0.25) is 0 Å². The van der Waals surface area contributed by atoms with Crippen molar-refractivity contribution in [1.82, 2.24) is 0 Å². The highest BCUT2D eigenvalue weighted by Crippen LogP contribution is 2.21. The lowest BCUT2D eigenvalue weighted by molar-refractivity contribution is 0.282. The molecule has 0 saturated carbocycles. The molecule has 18 heavy (non-hydrogen) atoms. The van der Waals surface area contributed by atoms with E-state index in [0.29, 0.717) is 4.90 Å². The van der Waals surface area contributed by atoms with Crippen molar-refractivity contribution in [2.75, 3.05) is 6.26 Å². The maximum atomic E-state index is 11.3. The second-order valence-electron chi connectivity index (χ2n) is 4.15. The van der Waals surface area contributed by atoms with Gasteiger partial charge in [0.1, 0.15) is 0 Å². The molecule has 0 aromatic heterocycles. The molecule has 0 saturated heterocycles. The molecule has 0 atom stereocenters. The highest BCUT2D eigenvalue weighted by Gasteiger charge is 2.06. The van der Waals surface area contributed by atoms with Gasteiger partial charge in [0, 0.05) is 6.26 Å². The largest absolute Gasteiger partial charge is 0.392 e. The molecular weight excluding hydrogens is 248 g/mol. The second kappa shape index (κ2) is 4.92. The smallest absolute Gasteiger partial charge is 0.175 e. The minimum Gasteiger partial charge on any atom is -0.392 e. The van der Waals surface area contributed by atoms with Crippen molar-refractivity contribution < 1.29 is 13.5 Å². The van der Waals surface area contributed by atoms with Crippen LogP contribution in [-0.4, -0.2) is 19.8 Å². The average Bonchev–Trinajstić information content (AvgIpc) is 2.38. The molecule has 0 aliphatic heterocycles. The third-order valence-electron chi connectivity index (χ3n) is 2.75. The maximum absolute atomic E-state index is 11.3. The minimum absolute atomic E-state index is 0.0211. The minimum atomic E-state index is -3.15. The molecule has 0 bridgehead atoms. The SMILES string of the molecule is CS(=O)(=O)c1ccc(-c2ccc(CO)cc2)cc1. The Kier molecular flexibility index (Phi) is 3.50. The lowest BCUT2D eigenvalue weighted by atomic mass is 10.0. The van der Waals surface area contributed by atoms with Gasteiger partial charge in [-0.25, -0.2) is 8.42 Å². The molecule has 0 unspecified atom stereocenters. The van der Waals surface area contributed by atoms with E-state index in [0.717, 1.165) is 16.7 Å². The monoisotopic (exact) mass is 262 g/mol. The summed E-state index contributed by atoms with van der Waals surface area (Å²) < 4.78 is 22.7. The molecule has 0 radical (unpaired) electrons. The van der Waals surface area contributed by atoms with Crippen molar-refractivity contribution in [2.24, 2.45) is 0 Å². The Hall–Kier alpha value is -1.65. The Labute approximate surface area is 107 Å². The van der Waals surface area contributed by atoms with Gasteiger partial charge in [-0.1, -0.05) is 36.4 Å². The van der Waals surface area contributed by atoms with E-state index in [2.05, 4.69) is 0 Å². The Morgan fingerprint density at radius 1 is 0.889 bits per heavy atom. The van der Waals surface area contributed by atoms with Crippen LogP contribution in [0.2, 0.25) is 0 Å². The fourth-order valence-electron chi connectivity index (χ4n) is 1.70. The number of benzene rings is 2. The van der Waals surface area contributed by atoms with E-state index < -0.39 is 9.84 Å². The average molecular weight is 262 g/mol. The van der Waals surface area contributed by atoms with Crippen LogP contribution in [0.5, 0.6) is 0 Å². The van der Waals surface area contributed by atoms with Crippen molar-refractivity contribution >= 4 is 9.84 Å². The first-order valence-electron chi connectivity index (χ1n) is 5.51. The molecule has 0 spiro atoms. The summed E-state index contributed by atoms with van der Waals surface area (Å²) in [5.41, 5.74) is 2.80. The normalized spacial score (nSPS) is 11.4. The van der Waals surface area contributed by atoms with Gasteiger partial charge in [-0.2, -0.15) is 0 Å². The molecule has 0 fully saturated rings. The first-order chi connectivity index (χ1) is 8.50. The number of sulfone groups is 1. The predicted molar refractivity (Wildman–Crippen MR) is 70.9 cm³/mol. The molecule has 0 amide bonds. The summed E-state index contributed by atoms with van der Waals surface area (Å²) in [5.74, 6) is 0. The Balaban J connectivity index is 2.34. The molecule has 0 aliphatic rings. The van der Waals surface area contributed by atoms with Gasteiger partial charge >= 0.3 is 0 Å². The van der Waals surface area contributed by atoms with Gasteiger partial charge in [0.2, 0.25) is 0 Å². The highest BCUT2D eigenvalue weighted by molar-refractivity contribution is 7.90. The van der Waals surface area contributed by atoms with Gasteiger partial charge in [-0.05, 0) is 28.8 Å². The predicted octanol–water partition coefficient (Wildman–Crippen LogP) is 2.25. The van der Waals surface area contributed by atoms with E-state index in [-0.39, 0.29) is 6.61 Å². The van der Waals surface area contributed by atoms with Crippen LogP contribution in [-0.2, 0) is 16.4 Å². The molecule has 0 heterocycles. The summed E-state index contributed by atoms with van der Waals surface area (Å²) in [5, 5.41) is 8.96. The van der Waals surface area contributed by atoms with Crippen molar-refractivity contribution in [3.8, 4) is 11.1 Å². The van der Waals surface area contributed by atoms with Crippen LogP contribution >= 0.6 is 0 Å². The highest BCUT2D eigenvalue weighted by atomic mass is 32.2. The summed E-state index contributed by atoms with van der Waals surface area (Å²) >= 11 is 0. The van der Waals surface area contributed by atoms with Gasteiger partial charge in [0.15, 0.2) is 9.84 Å². The van der Waals surface area contributed by atoms with Crippen molar-refractivity contribution in [1.29, 1.82) is 0 Å². The number of rotatable bonds is 3. The molecule has 2 aromatic carbocycles. The van der Waals surface area contributed by atoms with Gasteiger partial charge in [0.25, 0.3) is 0 Å². The van der Waals surface area contributed by atoms with Crippen LogP contribution in [0.3, 0.4) is 0 Å². The number of hydrogen-bond donors (Lipinski definition) is 1. The van der Waals surface area contributed by atoms with Crippen LogP contribution < -0.4 is 0 Å². The third-order valence-corrected chi connectivity index (χ3v) is 3.88. The fraction of sp³-hybridized carbons (Fsp3) is 0.143. The van der Waals surface area contributed by atoms with Crippen molar-refractivity contribution in [3.05, 3.63) is 54.1 Å². The summed E-state index contributed by atoms with van der Waals surface area (Å²) in [7, 11) is -3.15. The summed E-state index contributed by atoms with van der Waals surface area (Å²) in [6.45, 7) is 0.0211. The van der Waals surface area contributed by atoms with E-state index in [1.54, 1.807) is 24.3 Å². The Morgan fingerprint density at radius 2 is 1.33 bits per heavy atom. The molecule has 4 heteroatoms.